The molecule has 0 aromatic rings. The second-order valence-corrected chi connectivity index (χ2v) is 3.11. The van der Waals surface area contributed by atoms with E-state index in [0.29, 0.717) is 9.80 Å². The molecular formula is C7H9F3N2O2. The standard InChI is InChI=1S/C7H9F3N2O2/c1-11-4(7(8,9)10)3-5(13)12(2)6(11)14/h4H,3H2,1-2H3. The number of amides is 3. The van der Waals surface area contributed by atoms with Crippen molar-refractivity contribution in [2.24, 2.45) is 0 Å². The summed E-state index contributed by atoms with van der Waals surface area (Å²) in [7, 11) is 2.19. The van der Waals surface area contributed by atoms with Crippen LogP contribution in [0.4, 0.5) is 18.0 Å². The average molecular weight is 210 g/mol. The first kappa shape index (κ1) is 10.8. The molecule has 0 saturated carbocycles. The molecule has 1 aliphatic rings. The zero-order chi connectivity index (χ0) is 11.1. The zero-order valence-electron chi connectivity index (χ0n) is 7.63. The minimum absolute atomic E-state index is 0.529. The molecular weight excluding hydrogens is 201 g/mol. The van der Waals surface area contributed by atoms with Crippen LogP contribution in [0.15, 0.2) is 0 Å². The van der Waals surface area contributed by atoms with Crippen molar-refractivity contribution in [1.29, 1.82) is 0 Å². The third-order valence-corrected chi connectivity index (χ3v) is 2.18. The van der Waals surface area contributed by atoms with Crippen LogP contribution in [0.1, 0.15) is 6.42 Å². The van der Waals surface area contributed by atoms with Crippen molar-refractivity contribution >= 4 is 11.9 Å². The molecule has 7 heteroatoms. The van der Waals surface area contributed by atoms with E-state index in [2.05, 4.69) is 0 Å². The second kappa shape index (κ2) is 3.14. The van der Waals surface area contributed by atoms with Gasteiger partial charge in [0.15, 0.2) is 0 Å². The molecule has 4 nitrogen and oxygen atoms in total. The Morgan fingerprint density at radius 2 is 1.79 bits per heavy atom. The molecule has 1 unspecified atom stereocenters. The normalized spacial score (nSPS) is 24.5. The summed E-state index contributed by atoms with van der Waals surface area (Å²) in [5.74, 6) is -0.810. The maximum atomic E-state index is 12.3. The molecule has 1 rings (SSSR count). The lowest BCUT2D eigenvalue weighted by atomic mass is 10.1. The molecule has 0 spiro atoms. The second-order valence-electron chi connectivity index (χ2n) is 3.11. The van der Waals surface area contributed by atoms with Gasteiger partial charge in [-0.05, 0) is 0 Å². The highest BCUT2D eigenvalue weighted by Gasteiger charge is 2.49. The third kappa shape index (κ3) is 1.66. The predicted molar refractivity (Wildman–Crippen MR) is 40.4 cm³/mol. The van der Waals surface area contributed by atoms with Gasteiger partial charge in [0.05, 0.1) is 6.42 Å². The lowest BCUT2D eigenvalue weighted by Gasteiger charge is -2.36. The van der Waals surface area contributed by atoms with Crippen molar-refractivity contribution in [3.8, 4) is 0 Å². The van der Waals surface area contributed by atoms with Crippen molar-refractivity contribution in [2.45, 2.75) is 18.6 Å². The van der Waals surface area contributed by atoms with Gasteiger partial charge >= 0.3 is 12.2 Å². The van der Waals surface area contributed by atoms with Crippen LogP contribution < -0.4 is 0 Å². The molecule has 1 heterocycles. The van der Waals surface area contributed by atoms with Gasteiger partial charge in [-0.15, -0.1) is 0 Å². The minimum Gasteiger partial charge on any atom is -0.315 e. The Bertz CT molecular complexity index is 277. The number of carbonyl (C=O) groups excluding carboxylic acids is 2. The van der Waals surface area contributed by atoms with Crippen LogP contribution >= 0.6 is 0 Å². The van der Waals surface area contributed by atoms with E-state index in [9.17, 15) is 22.8 Å². The fourth-order valence-electron chi connectivity index (χ4n) is 1.25. The Kier molecular flexibility index (Phi) is 2.43. The molecule has 0 aliphatic carbocycles. The Labute approximate surface area is 78.3 Å². The number of imide groups is 1. The predicted octanol–water partition coefficient (Wildman–Crippen LogP) is 0.831. The van der Waals surface area contributed by atoms with Gasteiger partial charge in [0.2, 0.25) is 5.91 Å². The van der Waals surface area contributed by atoms with E-state index in [0.717, 1.165) is 14.1 Å². The van der Waals surface area contributed by atoms with E-state index in [1.807, 2.05) is 0 Å². The number of urea groups is 1. The molecule has 0 aromatic heterocycles. The van der Waals surface area contributed by atoms with Crippen molar-refractivity contribution in [3.05, 3.63) is 0 Å². The number of hydrogen-bond donors (Lipinski definition) is 0. The molecule has 1 fully saturated rings. The number of rotatable bonds is 0. The molecule has 3 amide bonds. The smallest absolute Gasteiger partial charge is 0.315 e. The lowest BCUT2D eigenvalue weighted by molar-refractivity contribution is -0.185. The van der Waals surface area contributed by atoms with Crippen LogP contribution in [0.5, 0.6) is 0 Å². The van der Waals surface area contributed by atoms with Crippen molar-refractivity contribution in [1.82, 2.24) is 9.80 Å². The van der Waals surface area contributed by atoms with E-state index >= 15 is 0 Å². The summed E-state index contributed by atoms with van der Waals surface area (Å²) < 4.78 is 36.9. The molecule has 14 heavy (non-hydrogen) atoms. The molecule has 0 bridgehead atoms. The molecule has 1 atom stereocenters. The van der Waals surface area contributed by atoms with E-state index in [-0.39, 0.29) is 0 Å². The lowest BCUT2D eigenvalue weighted by Crippen LogP contribution is -2.58. The van der Waals surface area contributed by atoms with E-state index in [4.69, 9.17) is 0 Å². The first-order valence-electron chi connectivity index (χ1n) is 3.85. The number of halogens is 3. The van der Waals surface area contributed by atoms with Crippen LogP contribution in [0, 0.1) is 0 Å². The van der Waals surface area contributed by atoms with Crippen LogP contribution in [0.3, 0.4) is 0 Å². The highest BCUT2D eigenvalue weighted by molar-refractivity contribution is 5.96. The maximum Gasteiger partial charge on any atom is 0.409 e. The minimum atomic E-state index is -4.55. The Morgan fingerprint density at radius 1 is 1.29 bits per heavy atom. The van der Waals surface area contributed by atoms with E-state index < -0.39 is 30.6 Å². The summed E-state index contributed by atoms with van der Waals surface area (Å²) in [5, 5.41) is 0. The SMILES string of the molecule is CN1C(=O)CC(C(F)(F)F)N(C)C1=O. The third-order valence-electron chi connectivity index (χ3n) is 2.18. The molecule has 80 valence electrons. The van der Waals surface area contributed by atoms with Crippen LogP contribution in [0.2, 0.25) is 0 Å². The molecule has 0 aromatic carbocycles. The van der Waals surface area contributed by atoms with Gasteiger partial charge in [0.25, 0.3) is 0 Å². The Hall–Kier alpha value is -1.27. The van der Waals surface area contributed by atoms with Gasteiger partial charge in [-0.25, -0.2) is 4.79 Å². The first-order chi connectivity index (χ1) is 6.25. The number of carbonyl (C=O) groups is 2. The fraction of sp³-hybridized carbons (Fsp3) is 0.714. The summed E-state index contributed by atoms with van der Waals surface area (Å²) in [5.41, 5.74) is 0. The highest BCUT2D eigenvalue weighted by atomic mass is 19.4. The average Bonchev–Trinajstić information content (AvgIpc) is 2.06. The van der Waals surface area contributed by atoms with Crippen LogP contribution in [-0.4, -0.2) is 48.1 Å². The zero-order valence-corrected chi connectivity index (χ0v) is 7.63. The van der Waals surface area contributed by atoms with Crippen molar-refractivity contribution in [2.75, 3.05) is 14.1 Å². The summed E-state index contributed by atoms with van der Waals surface area (Å²) in [6, 6.07) is -2.93. The largest absolute Gasteiger partial charge is 0.409 e. The van der Waals surface area contributed by atoms with Crippen molar-refractivity contribution in [3.63, 3.8) is 0 Å². The van der Waals surface area contributed by atoms with E-state index in [1.54, 1.807) is 0 Å². The molecule has 0 N–H and O–H groups in total. The quantitative estimate of drug-likeness (QED) is 0.594. The van der Waals surface area contributed by atoms with Gasteiger partial charge in [0, 0.05) is 14.1 Å². The summed E-state index contributed by atoms with van der Waals surface area (Å²) in [6.45, 7) is 0. The van der Waals surface area contributed by atoms with Gasteiger partial charge in [-0.3, -0.25) is 9.69 Å². The first-order valence-corrected chi connectivity index (χ1v) is 3.85. The molecule has 0 radical (unpaired) electrons. The Morgan fingerprint density at radius 3 is 2.21 bits per heavy atom. The molecule has 1 aliphatic heterocycles. The van der Waals surface area contributed by atoms with Crippen molar-refractivity contribution < 1.29 is 22.8 Å². The Balaban J connectivity index is 2.92. The van der Waals surface area contributed by atoms with Gasteiger partial charge in [0.1, 0.15) is 6.04 Å². The number of hydrogen-bond acceptors (Lipinski definition) is 2. The van der Waals surface area contributed by atoms with Gasteiger partial charge in [-0.2, -0.15) is 13.2 Å². The topological polar surface area (TPSA) is 40.6 Å². The van der Waals surface area contributed by atoms with E-state index in [1.165, 1.54) is 0 Å². The monoisotopic (exact) mass is 210 g/mol. The maximum absolute atomic E-state index is 12.3. The molecule has 1 saturated heterocycles. The number of alkyl halides is 3. The fourth-order valence-corrected chi connectivity index (χ4v) is 1.25. The van der Waals surface area contributed by atoms with Crippen LogP contribution in [0.25, 0.3) is 0 Å². The summed E-state index contributed by atoms with van der Waals surface area (Å²) in [6.07, 6.45) is -5.26. The van der Waals surface area contributed by atoms with Crippen LogP contribution in [-0.2, 0) is 4.79 Å². The highest BCUT2D eigenvalue weighted by Crippen LogP contribution is 2.29. The van der Waals surface area contributed by atoms with Gasteiger partial charge < -0.3 is 4.90 Å². The van der Waals surface area contributed by atoms with Gasteiger partial charge in [-0.1, -0.05) is 0 Å². The summed E-state index contributed by atoms with van der Waals surface area (Å²) in [4.78, 5) is 23.3. The number of nitrogens with zero attached hydrogens (tertiary/aromatic N) is 2. The summed E-state index contributed by atoms with van der Waals surface area (Å²) >= 11 is 0.